The van der Waals surface area contributed by atoms with E-state index in [1.54, 1.807) is 50.8 Å². The molecule has 9 nitrogen and oxygen atoms in total. The van der Waals surface area contributed by atoms with E-state index >= 15 is 0 Å². The minimum absolute atomic E-state index is 0.0770. The van der Waals surface area contributed by atoms with E-state index in [4.69, 9.17) is 23.1 Å². The van der Waals surface area contributed by atoms with E-state index in [0.29, 0.717) is 18.1 Å². The summed E-state index contributed by atoms with van der Waals surface area (Å²) in [5, 5.41) is 3.95. The monoisotopic (exact) mass is 475 g/mol. The van der Waals surface area contributed by atoms with Crippen molar-refractivity contribution in [3.63, 3.8) is 0 Å². The second-order valence-corrected chi connectivity index (χ2v) is 9.16. The number of fused-ring (bicyclic) bond motifs is 1. The second-order valence-electron chi connectivity index (χ2n) is 8.54. The number of thiol groups is 1. The van der Waals surface area contributed by atoms with Gasteiger partial charge < -0.3 is 15.4 Å². The Hall–Kier alpha value is -3.01. The van der Waals surface area contributed by atoms with Crippen LogP contribution in [-0.4, -0.2) is 49.8 Å². The third kappa shape index (κ3) is 6.07. The molecule has 0 bridgehead atoms. The van der Waals surface area contributed by atoms with Crippen molar-refractivity contribution < 1.29 is 14.3 Å². The van der Waals surface area contributed by atoms with Crippen molar-refractivity contribution in [2.45, 2.75) is 58.8 Å². The molecule has 2 aromatic heterocycles. The Morgan fingerprint density at radius 1 is 1.33 bits per heavy atom. The SMILES string of the molecule is C/C=C\C(=C/C)n1c(C(S)CN(CCC)C(=O)OC(C)(C)C)nn2ccc(C(N)=O)c2c1=O. The molecule has 0 aliphatic rings. The van der Waals surface area contributed by atoms with Crippen LogP contribution in [-0.2, 0) is 4.74 Å². The summed E-state index contributed by atoms with van der Waals surface area (Å²) in [5.41, 5.74) is 5.08. The van der Waals surface area contributed by atoms with Gasteiger partial charge in [0, 0.05) is 25.0 Å². The molecule has 1 unspecified atom stereocenters. The second kappa shape index (κ2) is 10.7. The molecule has 2 heterocycles. The minimum atomic E-state index is -0.717. The molecule has 33 heavy (non-hydrogen) atoms. The molecule has 0 aliphatic heterocycles. The van der Waals surface area contributed by atoms with Crippen LogP contribution in [0, 0.1) is 0 Å². The highest BCUT2D eigenvalue weighted by Gasteiger charge is 2.27. The molecule has 2 amide bonds. The molecule has 0 aliphatic carbocycles. The van der Waals surface area contributed by atoms with Crippen LogP contribution in [0.25, 0.3) is 11.2 Å². The summed E-state index contributed by atoms with van der Waals surface area (Å²) in [4.78, 5) is 39.7. The molecule has 10 heteroatoms. The summed E-state index contributed by atoms with van der Waals surface area (Å²) in [7, 11) is 0. The van der Waals surface area contributed by atoms with Crippen molar-refractivity contribution in [3.8, 4) is 0 Å². The van der Waals surface area contributed by atoms with Gasteiger partial charge in [0.15, 0.2) is 5.82 Å². The Morgan fingerprint density at radius 3 is 2.52 bits per heavy atom. The number of ether oxygens (including phenoxy) is 1. The molecule has 0 spiro atoms. The van der Waals surface area contributed by atoms with Crippen LogP contribution in [0.15, 0.2) is 35.3 Å². The van der Waals surface area contributed by atoms with E-state index in [1.165, 1.54) is 21.3 Å². The molecule has 0 aromatic carbocycles. The van der Waals surface area contributed by atoms with Gasteiger partial charge in [0.25, 0.3) is 11.5 Å². The number of nitrogens with zero attached hydrogens (tertiary/aromatic N) is 4. The van der Waals surface area contributed by atoms with E-state index < -0.39 is 28.4 Å². The molecule has 0 saturated heterocycles. The fraction of sp³-hybridized carbons (Fsp3) is 0.478. The molecule has 0 saturated carbocycles. The Morgan fingerprint density at radius 2 is 2.00 bits per heavy atom. The Balaban J connectivity index is 2.65. The molecule has 2 aromatic rings. The molecule has 1 atom stereocenters. The van der Waals surface area contributed by atoms with E-state index in [-0.39, 0.29) is 17.6 Å². The zero-order valence-corrected chi connectivity index (χ0v) is 20.9. The van der Waals surface area contributed by atoms with Crippen molar-refractivity contribution in [2.24, 2.45) is 5.73 Å². The van der Waals surface area contributed by atoms with Gasteiger partial charge in [-0.2, -0.15) is 17.7 Å². The largest absolute Gasteiger partial charge is 0.444 e. The Kier molecular flexibility index (Phi) is 8.54. The standard InChI is InChI=1S/C23H33N5O4S/c1-7-10-15(9-3)28-20(25-27-13-11-16(19(24)29)18(27)21(28)30)17(33)14-26(12-8-2)22(31)32-23(4,5)6/h7,9-11,13,17,33H,8,12,14H2,1-6H3,(H2,24,29)/b10-7-,15-9+. The highest BCUT2D eigenvalue weighted by molar-refractivity contribution is 7.80. The molecule has 2 N–H and O–H groups in total. The number of hydrogen-bond donors (Lipinski definition) is 2. The van der Waals surface area contributed by atoms with E-state index in [9.17, 15) is 14.4 Å². The van der Waals surface area contributed by atoms with E-state index in [1.807, 2.05) is 13.8 Å². The molecule has 180 valence electrons. The van der Waals surface area contributed by atoms with Crippen molar-refractivity contribution >= 4 is 35.8 Å². The number of amides is 2. The summed E-state index contributed by atoms with van der Waals surface area (Å²) in [6.45, 7) is 11.6. The van der Waals surface area contributed by atoms with Crippen LogP contribution in [0.3, 0.4) is 0 Å². The Labute approximate surface area is 199 Å². The summed E-state index contributed by atoms with van der Waals surface area (Å²) in [5.74, 6) is -0.399. The van der Waals surface area contributed by atoms with Crippen molar-refractivity contribution in [1.82, 2.24) is 19.1 Å². The van der Waals surface area contributed by atoms with Crippen LogP contribution in [0.1, 0.15) is 69.4 Å². The molecule has 0 radical (unpaired) electrons. The zero-order valence-electron chi connectivity index (χ0n) is 20.0. The summed E-state index contributed by atoms with van der Waals surface area (Å²) in [6, 6.07) is 1.46. The fourth-order valence-electron chi connectivity index (χ4n) is 3.36. The maximum atomic E-state index is 13.5. The predicted octanol–water partition coefficient (Wildman–Crippen LogP) is 3.65. The van der Waals surface area contributed by atoms with Gasteiger partial charge >= 0.3 is 6.09 Å². The number of nitrogens with two attached hydrogens (primary N) is 1. The first kappa shape index (κ1) is 26.2. The van der Waals surface area contributed by atoms with Crippen LogP contribution in [0.5, 0.6) is 0 Å². The number of rotatable bonds is 8. The molecule has 2 rings (SSSR count). The van der Waals surface area contributed by atoms with Gasteiger partial charge in [-0.25, -0.2) is 9.31 Å². The minimum Gasteiger partial charge on any atom is -0.444 e. The Bertz CT molecular complexity index is 1140. The first-order chi connectivity index (χ1) is 15.4. The zero-order chi connectivity index (χ0) is 24.9. The fourth-order valence-corrected chi connectivity index (χ4v) is 3.73. The number of allylic oxidation sites excluding steroid dienone is 4. The molecule has 0 fully saturated rings. The van der Waals surface area contributed by atoms with Gasteiger partial charge in [0.05, 0.1) is 10.8 Å². The summed E-state index contributed by atoms with van der Waals surface area (Å²) in [6.07, 6.45) is 7.07. The third-order valence-corrected chi connectivity index (χ3v) is 5.10. The van der Waals surface area contributed by atoms with Gasteiger partial charge in [0.1, 0.15) is 11.1 Å². The average molecular weight is 476 g/mol. The van der Waals surface area contributed by atoms with Gasteiger partial charge in [-0.05, 0) is 53.2 Å². The van der Waals surface area contributed by atoms with Crippen LogP contribution >= 0.6 is 12.6 Å². The van der Waals surface area contributed by atoms with Crippen molar-refractivity contribution in [3.05, 3.63) is 52.2 Å². The van der Waals surface area contributed by atoms with Crippen LogP contribution < -0.4 is 11.3 Å². The smallest absolute Gasteiger partial charge is 0.410 e. The van der Waals surface area contributed by atoms with Gasteiger partial charge in [-0.1, -0.05) is 19.1 Å². The highest BCUT2D eigenvalue weighted by Crippen LogP contribution is 2.24. The first-order valence-electron chi connectivity index (χ1n) is 10.8. The number of carbonyl (C=O) groups excluding carboxylic acids is 2. The molecular weight excluding hydrogens is 442 g/mol. The number of aromatic nitrogens is 3. The first-order valence-corrected chi connectivity index (χ1v) is 11.4. The highest BCUT2D eigenvalue weighted by atomic mass is 32.1. The third-order valence-electron chi connectivity index (χ3n) is 4.71. The van der Waals surface area contributed by atoms with Crippen LogP contribution in [0.2, 0.25) is 0 Å². The lowest BCUT2D eigenvalue weighted by Crippen LogP contribution is -2.40. The molecular formula is C23H33N5O4S. The predicted molar refractivity (Wildman–Crippen MR) is 133 cm³/mol. The van der Waals surface area contributed by atoms with Gasteiger partial charge in [-0.15, -0.1) is 0 Å². The van der Waals surface area contributed by atoms with Crippen molar-refractivity contribution in [1.29, 1.82) is 0 Å². The van der Waals surface area contributed by atoms with E-state index in [0.717, 1.165) is 6.42 Å². The van der Waals surface area contributed by atoms with E-state index in [2.05, 4.69) is 5.10 Å². The van der Waals surface area contributed by atoms with Crippen molar-refractivity contribution in [2.75, 3.05) is 13.1 Å². The topological polar surface area (TPSA) is 112 Å². The average Bonchev–Trinajstić information content (AvgIpc) is 3.15. The van der Waals surface area contributed by atoms with Gasteiger partial charge in [-0.3, -0.25) is 14.2 Å². The number of hydrogen-bond acceptors (Lipinski definition) is 6. The maximum Gasteiger partial charge on any atom is 0.410 e. The lowest BCUT2D eigenvalue weighted by molar-refractivity contribution is 0.0249. The quantitative estimate of drug-likeness (QED) is 0.447. The van der Waals surface area contributed by atoms with Gasteiger partial charge in [0.2, 0.25) is 0 Å². The normalized spacial score (nSPS) is 13.5. The number of primary amides is 1. The van der Waals surface area contributed by atoms with Crippen LogP contribution in [0.4, 0.5) is 4.79 Å². The number of carbonyl (C=O) groups is 2. The summed E-state index contributed by atoms with van der Waals surface area (Å²) < 4.78 is 8.27. The lowest BCUT2D eigenvalue weighted by atomic mass is 10.2. The maximum absolute atomic E-state index is 13.5. The lowest BCUT2D eigenvalue weighted by Gasteiger charge is -2.29. The summed E-state index contributed by atoms with van der Waals surface area (Å²) >= 11 is 4.72.